The highest BCUT2D eigenvalue weighted by Crippen LogP contribution is 2.20. The van der Waals surface area contributed by atoms with Crippen LogP contribution in [0.15, 0.2) is 24.3 Å². The SMILES string of the molecule is CCOC(=O)C(CCN(C)c1cccc(OC)c1)NC. The lowest BCUT2D eigenvalue weighted by Gasteiger charge is -2.22. The van der Waals surface area contributed by atoms with Gasteiger partial charge in [-0.2, -0.15) is 0 Å². The van der Waals surface area contributed by atoms with Crippen LogP contribution < -0.4 is 15.0 Å². The van der Waals surface area contributed by atoms with Crippen LogP contribution in [-0.2, 0) is 9.53 Å². The third-order valence-corrected chi connectivity index (χ3v) is 3.17. The van der Waals surface area contributed by atoms with Crippen LogP contribution in [0.4, 0.5) is 5.69 Å². The minimum absolute atomic E-state index is 0.200. The lowest BCUT2D eigenvalue weighted by atomic mass is 10.2. The van der Waals surface area contributed by atoms with Crippen molar-refractivity contribution >= 4 is 11.7 Å². The predicted molar refractivity (Wildman–Crippen MR) is 80.4 cm³/mol. The summed E-state index contributed by atoms with van der Waals surface area (Å²) in [5, 5.41) is 2.99. The fraction of sp³-hybridized carbons (Fsp3) is 0.533. The zero-order chi connectivity index (χ0) is 15.0. The molecule has 0 bridgehead atoms. The Hall–Kier alpha value is -1.75. The average molecular weight is 280 g/mol. The number of methoxy groups -OCH3 is 1. The Morgan fingerprint density at radius 3 is 2.80 bits per heavy atom. The van der Waals surface area contributed by atoms with Gasteiger partial charge in [-0.3, -0.25) is 4.79 Å². The molecule has 0 fully saturated rings. The van der Waals surface area contributed by atoms with Crippen molar-refractivity contribution in [3.63, 3.8) is 0 Å². The summed E-state index contributed by atoms with van der Waals surface area (Å²) >= 11 is 0. The molecule has 0 saturated carbocycles. The van der Waals surface area contributed by atoms with E-state index in [1.54, 1.807) is 14.2 Å². The first kappa shape index (κ1) is 16.3. The Bertz CT molecular complexity index is 423. The predicted octanol–water partition coefficient (Wildman–Crippen LogP) is 1.67. The number of esters is 1. The molecule has 0 heterocycles. The van der Waals surface area contributed by atoms with Gasteiger partial charge < -0.3 is 19.7 Å². The van der Waals surface area contributed by atoms with E-state index in [1.165, 1.54) is 0 Å². The number of carbonyl (C=O) groups is 1. The second kappa shape index (κ2) is 8.43. The van der Waals surface area contributed by atoms with E-state index in [0.717, 1.165) is 18.0 Å². The highest BCUT2D eigenvalue weighted by atomic mass is 16.5. The van der Waals surface area contributed by atoms with Crippen LogP contribution in [0.2, 0.25) is 0 Å². The molecule has 1 rings (SSSR count). The smallest absolute Gasteiger partial charge is 0.323 e. The molecule has 5 heteroatoms. The molecule has 0 aliphatic rings. The summed E-state index contributed by atoms with van der Waals surface area (Å²) < 4.78 is 10.2. The van der Waals surface area contributed by atoms with Crippen LogP contribution >= 0.6 is 0 Å². The molecule has 1 N–H and O–H groups in total. The standard InChI is InChI=1S/C15H24N2O3/c1-5-20-15(18)14(16-2)9-10-17(3)12-7-6-8-13(11-12)19-4/h6-8,11,14,16H,5,9-10H2,1-4H3. The van der Waals surface area contributed by atoms with Gasteiger partial charge in [-0.15, -0.1) is 0 Å². The third-order valence-electron chi connectivity index (χ3n) is 3.17. The molecule has 1 aromatic rings. The maximum absolute atomic E-state index is 11.7. The summed E-state index contributed by atoms with van der Waals surface area (Å²) in [6.45, 7) is 2.97. The largest absolute Gasteiger partial charge is 0.497 e. The van der Waals surface area contributed by atoms with Crippen molar-refractivity contribution < 1.29 is 14.3 Å². The van der Waals surface area contributed by atoms with Gasteiger partial charge >= 0.3 is 5.97 Å². The van der Waals surface area contributed by atoms with E-state index >= 15 is 0 Å². The van der Waals surface area contributed by atoms with E-state index in [2.05, 4.69) is 10.2 Å². The summed E-state index contributed by atoms with van der Waals surface area (Å²) in [6, 6.07) is 7.57. The quantitative estimate of drug-likeness (QED) is 0.734. The van der Waals surface area contributed by atoms with Gasteiger partial charge in [-0.05, 0) is 32.5 Å². The number of carbonyl (C=O) groups excluding carboxylic acids is 1. The fourth-order valence-electron chi connectivity index (χ4n) is 1.92. The third kappa shape index (κ3) is 4.74. The van der Waals surface area contributed by atoms with Gasteiger partial charge in [0, 0.05) is 25.3 Å². The summed E-state index contributed by atoms with van der Waals surface area (Å²) in [7, 11) is 5.41. The van der Waals surface area contributed by atoms with Gasteiger partial charge in [0.15, 0.2) is 0 Å². The van der Waals surface area contributed by atoms with Gasteiger partial charge in [0.05, 0.1) is 13.7 Å². The number of likely N-dealkylation sites (N-methyl/N-ethyl adjacent to an activating group) is 1. The Morgan fingerprint density at radius 1 is 1.45 bits per heavy atom. The first-order valence-electron chi connectivity index (χ1n) is 6.81. The maximum atomic E-state index is 11.7. The number of nitrogens with zero attached hydrogens (tertiary/aromatic N) is 1. The van der Waals surface area contributed by atoms with Crippen molar-refractivity contribution in [3.8, 4) is 5.75 Å². The zero-order valence-electron chi connectivity index (χ0n) is 12.7. The van der Waals surface area contributed by atoms with Crippen molar-refractivity contribution in [1.82, 2.24) is 5.32 Å². The molecule has 0 aliphatic carbocycles. The molecule has 20 heavy (non-hydrogen) atoms. The molecule has 1 unspecified atom stereocenters. The van der Waals surface area contributed by atoms with E-state index in [9.17, 15) is 4.79 Å². The van der Waals surface area contributed by atoms with Crippen molar-refractivity contribution in [3.05, 3.63) is 24.3 Å². The Labute approximate surface area is 120 Å². The topological polar surface area (TPSA) is 50.8 Å². The van der Waals surface area contributed by atoms with Gasteiger partial charge in [0.2, 0.25) is 0 Å². The summed E-state index contributed by atoms with van der Waals surface area (Å²) in [5.74, 6) is 0.624. The van der Waals surface area contributed by atoms with Crippen LogP contribution in [0.25, 0.3) is 0 Å². The molecule has 0 spiro atoms. The van der Waals surface area contributed by atoms with Gasteiger partial charge in [-0.25, -0.2) is 0 Å². The second-order valence-corrected chi connectivity index (χ2v) is 4.51. The monoisotopic (exact) mass is 280 g/mol. The molecular formula is C15H24N2O3. The molecule has 0 radical (unpaired) electrons. The molecule has 0 saturated heterocycles. The molecule has 1 atom stereocenters. The first-order chi connectivity index (χ1) is 9.62. The van der Waals surface area contributed by atoms with Crippen LogP contribution in [0, 0.1) is 0 Å². The number of ether oxygens (including phenoxy) is 2. The molecule has 5 nitrogen and oxygen atoms in total. The van der Waals surface area contributed by atoms with Crippen molar-refractivity contribution in [2.75, 3.05) is 39.3 Å². The number of nitrogens with one attached hydrogen (secondary N) is 1. The first-order valence-corrected chi connectivity index (χ1v) is 6.81. The number of anilines is 1. The Kier molecular flexibility index (Phi) is 6.87. The van der Waals surface area contributed by atoms with E-state index < -0.39 is 0 Å². The van der Waals surface area contributed by atoms with Gasteiger partial charge in [-0.1, -0.05) is 6.07 Å². The van der Waals surface area contributed by atoms with E-state index in [4.69, 9.17) is 9.47 Å². The fourth-order valence-corrected chi connectivity index (χ4v) is 1.92. The lowest BCUT2D eigenvalue weighted by Crippen LogP contribution is -2.38. The van der Waals surface area contributed by atoms with Crippen LogP contribution in [-0.4, -0.2) is 46.4 Å². The minimum Gasteiger partial charge on any atom is -0.497 e. The van der Waals surface area contributed by atoms with Crippen molar-refractivity contribution in [2.24, 2.45) is 0 Å². The average Bonchev–Trinajstić information content (AvgIpc) is 2.48. The highest BCUT2D eigenvalue weighted by Gasteiger charge is 2.18. The maximum Gasteiger partial charge on any atom is 0.323 e. The highest BCUT2D eigenvalue weighted by molar-refractivity contribution is 5.75. The molecular weight excluding hydrogens is 256 g/mol. The number of benzene rings is 1. The summed E-state index contributed by atoms with van der Waals surface area (Å²) in [5.41, 5.74) is 1.06. The minimum atomic E-state index is -0.275. The van der Waals surface area contributed by atoms with Gasteiger partial charge in [0.25, 0.3) is 0 Å². The van der Waals surface area contributed by atoms with Crippen LogP contribution in [0.1, 0.15) is 13.3 Å². The zero-order valence-corrected chi connectivity index (χ0v) is 12.7. The molecule has 0 aliphatic heterocycles. The van der Waals surface area contributed by atoms with E-state index in [-0.39, 0.29) is 12.0 Å². The second-order valence-electron chi connectivity index (χ2n) is 4.51. The van der Waals surface area contributed by atoms with Crippen LogP contribution in [0.5, 0.6) is 5.75 Å². The molecule has 0 amide bonds. The van der Waals surface area contributed by atoms with E-state index in [1.807, 2.05) is 38.2 Å². The number of hydrogen-bond donors (Lipinski definition) is 1. The Morgan fingerprint density at radius 2 is 2.20 bits per heavy atom. The lowest BCUT2D eigenvalue weighted by molar-refractivity contribution is -0.145. The summed E-state index contributed by atoms with van der Waals surface area (Å²) in [4.78, 5) is 13.8. The van der Waals surface area contributed by atoms with Crippen molar-refractivity contribution in [1.29, 1.82) is 0 Å². The molecule has 0 aromatic heterocycles. The normalized spacial score (nSPS) is 11.8. The van der Waals surface area contributed by atoms with E-state index in [0.29, 0.717) is 13.0 Å². The number of rotatable bonds is 8. The van der Waals surface area contributed by atoms with Crippen LogP contribution in [0.3, 0.4) is 0 Å². The molecule has 112 valence electrons. The molecule has 1 aromatic carbocycles. The van der Waals surface area contributed by atoms with Crippen molar-refractivity contribution in [2.45, 2.75) is 19.4 Å². The summed E-state index contributed by atoms with van der Waals surface area (Å²) in [6.07, 6.45) is 0.684. The Balaban J connectivity index is 2.56. The number of hydrogen-bond acceptors (Lipinski definition) is 5. The van der Waals surface area contributed by atoms with Gasteiger partial charge in [0.1, 0.15) is 11.8 Å².